The van der Waals surface area contributed by atoms with Crippen LogP contribution in [0.5, 0.6) is 0 Å². The van der Waals surface area contributed by atoms with Gasteiger partial charge in [0, 0.05) is 37.9 Å². The van der Waals surface area contributed by atoms with Crippen LogP contribution in [0.3, 0.4) is 0 Å². The fourth-order valence-electron chi connectivity index (χ4n) is 2.59. The number of anilines is 1. The van der Waals surface area contributed by atoms with E-state index in [9.17, 15) is 13.6 Å². The summed E-state index contributed by atoms with van der Waals surface area (Å²) in [6, 6.07) is 10.6. The maximum absolute atomic E-state index is 13.4. The van der Waals surface area contributed by atoms with Gasteiger partial charge in [0.05, 0.1) is 11.4 Å². The second-order valence-corrected chi connectivity index (χ2v) is 5.55. The summed E-state index contributed by atoms with van der Waals surface area (Å²) in [5.74, 6) is 0.0506. The molecule has 2 aromatic carbocycles. The molecule has 1 amide bonds. The molecular formula is C23H25F2N3O. The number of hydrogen-bond donors (Lipinski definition) is 0. The molecule has 1 aliphatic heterocycles. The van der Waals surface area contributed by atoms with Crippen molar-refractivity contribution in [3.63, 3.8) is 0 Å². The van der Waals surface area contributed by atoms with Crippen LogP contribution < -0.4 is 4.90 Å². The van der Waals surface area contributed by atoms with Gasteiger partial charge in [-0.05, 0) is 25.1 Å². The van der Waals surface area contributed by atoms with Gasteiger partial charge in [-0.1, -0.05) is 32.0 Å². The number of carbonyl (C=O) groups excluding carboxylic acids is 1. The van der Waals surface area contributed by atoms with E-state index in [-0.39, 0.29) is 17.3 Å². The summed E-state index contributed by atoms with van der Waals surface area (Å²) in [5, 5.41) is 0. The fourth-order valence-corrected chi connectivity index (χ4v) is 2.59. The van der Waals surface area contributed by atoms with Gasteiger partial charge in [-0.2, -0.15) is 0 Å². The molecule has 0 aromatic heterocycles. The predicted molar refractivity (Wildman–Crippen MR) is 116 cm³/mol. The number of benzene rings is 2. The number of carbonyl (C=O) groups is 1. The number of hydrogen-bond acceptors (Lipinski definition) is 3. The zero-order chi connectivity index (χ0) is 21.8. The van der Waals surface area contributed by atoms with Crippen molar-refractivity contribution in [1.29, 1.82) is 0 Å². The third-order valence-corrected chi connectivity index (χ3v) is 3.71. The lowest BCUT2D eigenvalue weighted by Gasteiger charge is -2.15. The first-order valence-electron chi connectivity index (χ1n) is 9.26. The van der Waals surface area contributed by atoms with Gasteiger partial charge >= 0.3 is 0 Å². The largest absolute Gasteiger partial charge is 0.306 e. The van der Waals surface area contributed by atoms with Gasteiger partial charge in [0.1, 0.15) is 5.71 Å². The third kappa shape index (κ3) is 6.08. The van der Waals surface area contributed by atoms with Gasteiger partial charge in [-0.25, -0.2) is 13.8 Å². The van der Waals surface area contributed by atoms with Crippen molar-refractivity contribution in [2.45, 2.75) is 27.2 Å². The number of halogens is 2. The first-order chi connectivity index (χ1) is 14.0. The van der Waals surface area contributed by atoms with Crippen molar-refractivity contribution in [2.75, 3.05) is 18.5 Å². The van der Waals surface area contributed by atoms with E-state index in [0.717, 1.165) is 17.8 Å². The zero-order valence-corrected chi connectivity index (χ0v) is 17.1. The van der Waals surface area contributed by atoms with Crippen molar-refractivity contribution in [1.82, 2.24) is 0 Å². The Morgan fingerprint density at radius 3 is 2.41 bits per heavy atom. The van der Waals surface area contributed by atoms with E-state index in [1.165, 1.54) is 6.07 Å². The van der Waals surface area contributed by atoms with Crippen molar-refractivity contribution in [3.8, 4) is 12.3 Å². The van der Waals surface area contributed by atoms with E-state index in [1.807, 2.05) is 32.0 Å². The van der Waals surface area contributed by atoms with Crippen LogP contribution >= 0.6 is 0 Å². The van der Waals surface area contributed by atoms with Crippen molar-refractivity contribution in [2.24, 2.45) is 9.98 Å². The molecule has 1 heterocycles. The Balaban J connectivity index is 0.000000771. The summed E-state index contributed by atoms with van der Waals surface area (Å²) in [6.07, 6.45) is 6.95. The lowest BCUT2D eigenvalue weighted by molar-refractivity contribution is -0.112. The van der Waals surface area contributed by atoms with E-state index in [1.54, 1.807) is 31.2 Å². The quantitative estimate of drug-likeness (QED) is 0.517. The maximum Gasteiger partial charge on any atom is 0.277 e. The minimum absolute atomic E-state index is 0.198. The van der Waals surface area contributed by atoms with Gasteiger partial charge in [-0.3, -0.25) is 4.79 Å². The summed E-state index contributed by atoms with van der Waals surface area (Å²) in [5.41, 5.74) is 1.86. The zero-order valence-electron chi connectivity index (χ0n) is 17.1. The standard InChI is InChI=1S/C18H15F2N3O.C3H4.C2H6/c1-21-9-4-10-23-16-6-3-2-5-13(16)17(18(23)24)22-12-7-8-14(19)15(20)11-12;1-3-2;1-2/h2-3,5-9,11H,4,10H2,1H3;1H,2H3;1-2H3. The lowest BCUT2D eigenvalue weighted by atomic mass is 10.1. The van der Waals surface area contributed by atoms with Crippen LogP contribution in [0.25, 0.3) is 0 Å². The molecule has 0 aliphatic carbocycles. The SMILES string of the molecule is C#CC.CC.CN=CCCN1C(=O)C(=Nc2ccc(F)c(F)c2)c2ccccc21. The number of nitrogens with zero attached hydrogens (tertiary/aromatic N) is 3. The van der Waals surface area contributed by atoms with Crippen molar-refractivity contribution < 1.29 is 13.6 Å². The molecule has 0 spiro atoms. The average Bonchev–Trinajstić information content (AvgIpc) is 2.99. The second-order valence-electron chi connectivity index (χ2n) is 5.55. The van der Waals surface area contributed by atoms with Gasteiger partial charge < -0.3 is 9.89 Å². The predicted octanol–water partition coefficient (Wildman–Crippen LogP) is 5.19. The van der Waals surface area contributed by atoms with Crippen LogP contribution in [-0.4, -0.2) is 31.4 Å². The molecule has 0 fully saturated rings. The highest BCUT2D eigenvalue weighted by molar-refractivity contribution is 6.54. The second kappa shape index (κ2) is 12.2. The lowest BCUT2D eigenvalue weighted by Crippen LogP contribution is -2.31. The maximum atomic E-state index is 13.4. The fraction of sp³-hybridized carbons (Fsp3) is 0.261. The third-order valence-electron chi connectivity index (χ3n) is 3.71. The van der Waals surface area contributed by atoms with Crippen LogP contribution in [0.2, 0.25) is 0 Å². The average molecular weight is 397 g/mol. The molecule has 152 valence electrons. The molecule has 29 heavy (non-hydrogen) atoms. The number of fused-ring (bicyclic) bond motifs is 1. The summed E-state index contributed by atoms with van der Waals surface area (Å²) < 4.78 is 26.4. The Labute approximate surface area is 171 Å². The molecule has 0 radical (unpaired) electrons. The van der Waals surface area contributed by atoms with E-state index < -0.39 is 11.6 Å². The topological polar surface area (TPSA) is 45.0 Å². The Bertz CT molecular complexity index is 930. The molecule has 0 atom stereocenters. The number of rotatable bonds is 4. The number of para-hydroxylation sites is 1. The molecule has 0 unspecified atom stereocenters. The van der Waals surface area contributed by atoms with Crippen LogP contribution in [0.4, 0.5) is 20.2 Å². The van der Waals surface area contributed by atoms with Crippen molar-refractivity contribution in [3.05, 3.63) is 59.7 Å². The Morgan fingerprint density at radius 2 is 1.79 bits per heavy atom. The molecular weight excluding hydrogens is 372 g/mol. The van der Waals surface area contributed by atoms with Gasteiger partial charge in [0.15, 0.2) is 11.6 Å². The highest BCUT2D eigenvalue weighted by atomic mass is 19.2. The number of terminal acetylenes is 1. The molecule has 4 nitrogen and oxygen atoms in total. The minimum Gasteiger partial charge on any atom is -0.306 e. The van der Waals surface area contributed by atoms with E-state index >= 15 is 0 Å². The van der Waals surface area contributed by atoms with Gasteiger partial charge in [-0.15, -0.1) is 12.3 Å². The summed E-state index contributed by atoms with van der Waals surface area (Å²) in [7, 11) is 1.68. The molecule has 0 N–H and O–H groups in total. The molecule has 3 rings (SSSR count). The first kappa shape index (κ1) is 23.7. The molecule has 6 heteroatoms. The van der Waals surface area contributed by atoms with E-state index in [4.69, 9.17) is 0 Å². The molecule has 1 aliphatic rings. The summed E-state index contributed by atoms with van der Waals surface area (Å²) in [4.78, 5) is 22.5. The first-order valence-corrected chi connectivity index (χ1v) is 9.26. The number of amides is 1. The van der Waals surface area contributed by atoms with Crippen molar-refractivity contribution >= 4 is 29.2 Å². The Morgan fingerprint density at radius 1 is 1.14 bits per heavy atom. The highest BCUT2D eigenvalue weighted by Gasteiger charge is 2.33. The highest BCUT2D eigenvalue weighted by Crippen LogP contribution is 2.31. The van der Waals surface area contributed by atoms with Crippen LogP contribution in [0.15, 0.2) is 52.4 Å². The minimum atomic E-state index is -0.994. The normalized spacial score (nSPS) is 13.3. The Hall–Kier alpha value is -3.33. The smallest absolute Gasteiger partial charge is 0.277 e. The molecule has 0 bridgehead atoms. The molecule has 0 saturated carbocycles. The molecule has 2 aromatic rings. The van der Waals surface area contributed by atoms with E-state index in [2.05, 4.69) is 22.3 Å². The van der Waals surface area contributed by atoms with E-state index in [0.29, 0.717) is 18.5 Å². The Kier molecular flexibility index (Phi) is 9.97. The summed E-state index contributed by atoms with van der Waals surface area (Å²) >= 11 is 0. The summed E-state index contributed by atoms with van der Waals surface area (Å²) in [6.45, 7) is 6.13. The monoisotopic (exact) mass is 397 g/mol. The van der Waals surface area contributed by atoms with Crippen LogP contribution in [0, 0.1) is 24.0 Å². The number of aliphatic imine (C=N–C) groups is 2. The van der Waals surface area contributed by atoms with Crippen LogP contribution in [0.1, 0.15) is 32.8 Å². The van der Waals surface area contributed by atoms with Gasteiger partial charge in [0.25, 0.3) is 5.91 Å². The van der Waals surface area contributed by atoms with Gasteiger partial charge in [0.2, 0.25) is 0 Å². The molecule has 0 saturated heterocycles. The van der Waals surface area contributed by atoms with Crippen LogP contribution in [-0.2, 0) is 4.79 Å².